The van der Waals surface area contributed by atoms with Gasteiger partial charge in [0.05, 0.1) is 18.1 Å². The molecule has 1 aliphatic rings. The summed E-state index contributed by atoms with van der Waals surface area (Å²) in [5, 5.41) is 0.272. The molecule has 1 saturated heterocycles. The summed E-state index contributed by atoms with van der Waals surface area (Å²) >= 11 is 0. The van der Waals surface area contributed by atoms with Gasteiger partial charge in [-0.1, -0.05) is 0 Å². The molecule has 0 radical (unpaired) electrons. The molecule has 0 aromatic carbocycles. The summed E-state index contributed by atoms with van der Waals surface area (Å²) in [6.07, 6.45) is -0.0228. The molecule has 1 unspecified atom stereocenters. The van der Waals surface area contributed by atoms with Crippen molar-refractivity contribution in [3.8, 4) is 0 Å². The van der Waals surface area contributed by atoms with Crippen LogP contribution in [0.5, 0.6) is 0 Å². The fourth-order valence-electron chi connectivity index (χ4n) is 2.51. The van der Waals surface area contributed by atoms with E-state index in [9.17, 15) is 14.4 Å². The first-order chi connectivity index (χ1) is 10.5. The van der Waals surface area contributed by atoms with Crippen molar-refractivity contribution in [2.24, 2.45) is 7.05 Å². The van der Waals surface area contributed by atoms with Gasteiger partial charge in [0.15, 0.2) is 0 Å². The number of carbonyl (C=O) groups excluding carboxylic acids is 1. The van der Waals surface area contributed by atoms with Crippen LogP contribution in [0.3, 0.4) is 0 Å². The Morgan fingerprint density at radius 1 is 1.41 bits per heavy atom. The minimum atomic E-state index is -0.561. The van der Waals surface area contributed by atoms with E-state index in [1.807, 2.05) is 6.92 Å². The van der Waals surface area contributed by atoms with E-state index in [-0.39, 0.29) is 28.7 Å². The van der Waals surface area contributed by atoms with E-state index in [1.54, 1.807) is 4.90 Å². The average molecular weight is 304 g/mol. The van der Waals surface area contributed by atoms with Crippen LogP contribution in [0, 0.1) is 0 Å². The van der Waals surface area contributed by atoms with Crippen molar-refractivity contribution in [3.05, 3.63) is 38.7 Å². The summed E-state index contributed by atoms with van der Waals surface area (Å²) in [5.41, 5.74) is -0.665. The third-order valence-electron chi connectivity index (χ3n) is 3.71. The second-order valence-corrected chi connectivity index (χ2v) is 5.32. The molecule has 3 rings (SSSR count). The normalized spacial score (nSPS) is 18.6. The highest BCUT2D eigenvalue weighted by molar-refractivity contribution is 5.94. The van der Waals surface area contributed by atoms with Gasteiger partial charge in [-0.3, -0.25) is 19.1 Å². The smallest absolute Gasteiger partial charge is 0.329 e. The SMILES string of the molecule is CC1CN(C(=O)c2ccc3c(=O)[nH]c(=O)n(C)c3n2)CCO1. The van der Waals surface area contributed by atoms with Crippen LogP contribution < -0.4 is 11.2 Å². The molecule has 116 valence electrons. The van der Waals surface area contributed by atoms with E-state index in [4.69, 9.17) is 4.74 Å². The van der Waals surface area contributed by atoms with Gasteiger partial charge in [0.2, 0.25) is 0 Å². The van der Waals surface area contributed by atoms with E-state index < -0.39 is 11.2 Å². The molecule has 0 aliphatic carbocycles. The average Bonchev–Trinajstić information content (AvgIpc) is 2.51. The fourth-order valence-corrected chi connectivity index (χ4v) is 2.51. The number of amides is 1. The molecule has 2 aromatic rings. The van der Waals surface area contributed by atoms with Gasteiger partial charge in [0.1, 0.15) is 11.3 Å². The van der Waals surface area contributed by atoms with E-state index in [2.05, 4.69) is 9.97 Å². The van der Waals surface area contributed by atoms with Crippen LogP contribution in [0.2, 0.25) is 0 Å². The second kappa shape index (κ2) is 5.38. The van der Waals surface area contributed by atoms with Crippen LogP contribution in [0.4, 0.5) is 0 Å². The fraction of sp³-hybridized carbons (Fsp3) is 0.429. The van der Waals surface area contributed by atoms with Gasteiger partial charge in [0, 0.05) is 20.1 Å². The van der Waals surface area contributed by atoms with E-state index in [0.29, 0.717) is 19.7 Å². The number of morpholine rings is 1. The van der Waals surface area contributed by atoms with E-state index >= 15 is 0 Å². The van der Waals surface area contributed by atoms with Gasteiger partial charge < -0.3 is 9.64 Å². The number of fused-ring (bicyclic) bond motifs is 1. The molecule has 0 spiro atoms. The second-order valence-electron chi connectivity index (χ2n) is 5.32. The monoisotopic (exact) mass is 304 g/mol. The van der Waals surface area contributed by atoms with Gasteiger partial charge in [0.25, 0.3) is 11.5 Å². The number of carbonyl (C=O) groups is 1. The number of aryl methyl sites for hydroxylation is 1. The zero-order valence-corrected chi connectivity index (χ0v) is 12.3. The Morgan fingerprint density at radius 2 is 2.18 bits per heavy atom. The maximum absolute atomic E-state index is 12.5. The third-order valence-corrected chi connectivity index (χ3v) is 3.71. The van der Waals surface area contributed by atoms with Crippen molar-refractivity contribution < 1.29 is 9.53 Å². The van der Waals surface area contributed by atoms with Gasteiger partial charge >= 0.3 is 5.69 Å². The van der Waals surface area contributed by atoms with Crippen molar-refractivity contribution in [1.29, 1.82) is 0 Å². The number of ether oxygens (including phenoxy) is 1. The lowest BCUT2D eigenvalue weighted by Gasteiger charge is -2.30. The van der Waals surface area contributed by atoms with Crippen molar-refractivity contribution in [2.45, 2.75) is 13.0 Å². The molecule has 8 heteroatoms. The Kier molecular flexibility index (Phi) is 3.53. The Morgan fingerprint density at radius 3 is 2.91 bits per heavy atom. The number of pyridine rings is 1. The first-order valence-corrected chi connectivity index (χ1v) is 6.98. The van der Waals surface area contributed by atoms with Crippen molar-refractivity contribution in [1.82, 2.24) is 19.4 Å². The number of nitrogens with zero attached hydrogens (tertiary/aromatic N) is 3. The highest BCUT2D eigenvalue weighted by Gasteiger charge is 2.23. The predicted octanol–water partition coefficient (Wildman–Crippen LogP) is -0.517. The van der Waals surface area contributed by atoms with Gasteiger partial charge in [-0.15, -0.1) is 0 Å². The Hall–Kier alpha value is -2.48. The molecule has 1 fully saturated rings. The molecule has 3 heterocycles. The minimum Gasteiger partial charge on any atom is -0.375 e. The van der Waals surface area contributed by atoms with Crippen LogP contribution in [-0.4, -0.2) is 51.1 Å². The lowest BCUT2D eigenvalue weighted by molar-refractivity contribution is -0.0126. The zero-order valence-electron chi connectivity index (χ0n) is 12.3. The van der Waals surface area contributed by atoms with E-state index in [0.717, 1.165) is 0 Å². The molecule has 8 nitrogen and oxygen atoms in total. The van der Waals surface area contributed by atoms with Crippen molar-refractivity contribution in [2.75, 3.05) is 19.7 Å². The third kappa shape index (κ3) is 2.41. The Balaban J connectivity index is 2.05. The molecule has 22 heavy (non-hydrogen) atoms. The Bertz CT molecular complexity index is 854. The molecule has 1 atom stereocenters. The van der Waals surface area contributed by atoms with Crippen LogP contribution in [0.1, 0.15) is 17.4 Å². The van der Waals surface area contributed by atoms with Gasteiger partial charge in [-0.05, 0) is 19.1 Å². The molecule has 0 saturated carbocycles. The molecular weight excluding hydrogens is 288 g/mol. The van der Waals surface area contributed by atoms with Crippen molar-refractivity contribution >= 4 is 16.9 Å². The van der Waals surface area contributed by atoms with Crippen LogP contribution >= 0.6 is 0 Å². The Labute approximate surface area is 125 Å². The zero-order chi connectivity index (χ0) is 15.9. The van der Waals surface area contributed by atoms with Crippen molar-refractivity contribution in [3.63, 3.8) is 0 Å². The number of aromatic nitrogens is 3. The van der Waals surface area contributed by atoms with Crippen LogP contribution in [0.25, 0.3) is 11.0 Å². The lowest BCUT2D eigenvalue weighted by Crippen LogP contribution is -2.44. The van der Waals surface area contributed by atoms with Gasteiger partial charge in [-0.25, -0.2) is 9.78 Å². The quantitative estimate of drug-likeness (QED) is 0.765. The summed E-state index contributed by atoms with van der Waals surface area (Å²) in [7, 11) is 1.50. The number of hydrogen-bond acceptors (Lipinski definition) is 5. The summed E-state index contributed by atoms with van der Waals surface area (Å²) in [4.78, 5) is 44.0. The topological polar surface area (TPSA) is 97.3 Å². The predicted molar refractivity (Wildman–Crippen MR) is 78.9 cm³/mol. The summed E-state index contributed by atoms with van der Waals surface area (Å²) in [5.74, 6) is -0.232. The summed E-state index contributed by atoms with van der Waals surface area (Å²) < 4.78 is 6.63. The first kappa shape index (κ1) is 14.5. The standard InChI is InChI=1S/C14H16N4O4/c1-8-7-18(5-6-22-8)13(20)10-4-3-9-11(15-10)17(2)14(21)16-12(9)19/h3-4,8H,5-7H2,1-2H3,(H,16,19,21). The molecule has 1 aliphatic heterocycles. The molecule has 1 N–H and O–H groups in total. The number of aromatic amines is 1. The molecular formula is C14H16N4O4. The lowest BCUT2D eigenvalue weighted by atomic mass is 10.2. The first-order valence-electron chi connectivity index (χ1n) is 6.98. The number of hydrogen-bond donors (Lipinski definition) is 1. The van der Waals surface area contributed by atoms with Gasteiger partial charge in [-0.2, -0.15) is 0 Å². The number of rotatable bonds is 1. The summed E-state index contributed by atoms with van der Waals surface area (Å²) in [6, 6.07) is 3.02. The maximum Gasteiger partial charge on any atom is 0.329 e. The largest absolute Gasteiger partial charge is 0.375 e. The van der Waals surface area contributed by atoms with Crippen LogP contribution in [0.15, 0.2) is 21.7 Å². The van der Waals surface area contributed by atoms with Crippen LogP contribution in [-0.2, 0) is 11.8 Å². The number of H-pyrrole nitrogens is 1. The number of nitrogens with one attached hydrogen (secondary N) is 1. The summed E-state index contributed by atoms with van der Waals surface area (Å²) in [6.45, 7) is 3.37. The van der Waals surface area contributed by atoms with E-state index in [1.165, 1.54) is 23.7 Å². The highest BCUT2D eigenvalue weighted by atomic mass is 16.5. The molecule has 1 amide bonds. The maximum atomic E-state index is 12.5. The minimum absolute atomic E-state index is 0.0228. The highest BCUT2D eigenvalue weighted by Crippen LogP contribution is 2.11. The molecule has 2 aromatic heterocycles. The molecule has 0 bridgehead atoms.